The Balaban J connectivity index is 2.04. The molecule has 0 bridgehead atoms. The summed E-state index contributed by atoms with van der Waals surface area (Å²) in [6.45, 7) is 5.46. The first-order valence-corrected chi connectivity index (χ1v) is 9.67. The normalized spacial score (nSPS) is 33.5. The van der Waals surface area contributed by atoms with Gasteiger partial charge in [0.1, 0.15) is 5.60 Å². The van der Waals surface area contributed by atoms with Crippen molar-refractivity contribution in [3.63, 3.8) is 0 Å². The third kappa shape index (κ3) is 2.91. The van der Waals surface area contributed by atoms with Crippen molar-refractivity contribution in [3.05, 3.63) is 0 Å². The minimum Gasteiger partial charge on any atom is -0.465 e. The van der Waals surface area contributed by atoms with Gasteiger partial charge < -0.3 is 23.7 Å². The lowest BCUT2D eigenvalue weighted by Gasteiger charge is -2.46. The molecule has 2 aliphatic heterocycles. The highest BCUT2D eigenvalue weighted by atomic mass is 16.7. The fraction of sp³-hybridized carbons (Fsp3) is 0.789. The van der Waals surface area contributed by atoms with Crippen LogP contribution in [0.25, 0.3) is 0 Å². The largest absolute Gasteiger partial charge is 0.465 e. The predicted molar refractivity (Wildman–Crippen MR) is 91.8 cm³/mol. The SMILES string of the molecule is CCOC(=O)C1(C(=O)OCC)CC(=O)[C@@]2(C1)OCC[C@@]1(OCC)OC(=O)C[C@H]12. The topological polar surface area (TPSA) is 114 Å². The van der Waals surface area contributed by atoms with Crippen molar-refractivity contribution >= 4 is 23.7 Å². The number of fused-ring (bicyclic) bond motifs is 2. The lowest BCUT2D eigenvalue weighted by Crippen LogP contribution is -2.60. The number of Topliss-reactive ketones (excluding diaryl/α,β-unsaturated/α-hetero) is 1. The fourth-order valence-corrected chi connectivity index (χ4v) is 4.69. The van der Waals surface area contributed by atoms with Crippen molar-refractivity contribution in [1.29, 1.82) is 0 Å². The highest BCUT2D eigenvalue weighted by Crippen LogP contribution is 2.57. The summed E-state index contributed by atoms with van der Waals surface area (Å²) >= 11 is 0. The number of hydrogen-bond donors (Lipinski definition) is 0. The quantitative estimate of drug-likeness (QED) is 0.366. The van der Waals surface area contributed by atoms with Crippen molar-refractivity contribution in [3.8, 4) is 0 Å². The predicted octanol–water partition coefficient (Wildman–Crippen LogP) is 0.917. The molecule has 1 aliphatic carbocycles. The van der Waals surface area contributed by atoms with E-state index < -0.39 is 52.8 Å². The molecule has 0 radical (unpaired) electrons. The second-order valence-electron chi connectivity index (χ2n) is 7.26. The van der Waals surface area contributed by atoms with Gasteiger partial charge >= 0.3 is 17.9 Å². The van der Waals surface area contributed by atoms with Gasteiger partial charge in [0.25, 0.3) is 0 Å². The molecule has 3 atom stereocenters. The minimum atomic E-state index is -1.80. The molecule has 9 nitrogen and oxygen atoms in total. The molecule has 3 aliphatic rings. The summed E-state index contributed by atoms with van der Waals surface area (Å²) in [5.41, 5.74) is -3.34. The smallest absolute Gasteiger partial charge is 0.324 e. The van der Waals surface area contributed by atoms with Crippen LogP contribution in [0.3, 0.4) is 0 Å². The molecule has 1 spiro atoms. The molecule has 2 heterocycles. The third-order valence-corrected chi connectivity index (χ3v) is 5.78. The first-order valence-electron chi connectivity index (χ1n) is 9.67. The molecular formula is C19H26O9. The summed E-state index contributed by atoms with van der Waals surface area (Å²) in [6.07, 6.45) is -0.476. The van der Waals surface area contributed by atoms with Crippen LogP contribution in [-0.2, 0) is 42.9 Å². The maximum Gasteiger partial charge on any atom is 0.324 e. The van der Waals surface area contributed by atoms with Crippen molar-refractivity contribution in [2.24, 2.45) is 11.3 Å². The summed E-state index contributed by atoms with van der Waals surface area (Å²) in [5, 5.41) is 0. The van der Waals surface area contributed by atoms with Crippen LogP contribution in [0.1, 0.15) is 46.5 Å². The van der Waals surface area contributed by atoms with Crippen LogP contribution in [0.4, 0.5) is 0 Å². The third-order valence-electron chi connectivity index (χ3n) is 5.78. The first kappa shape index (κ1) is 20.7. The van der Waals surface area contributed by atoms with Crippen LogP contribution < -0.4 is 0 Å². The Bertz CT molecular complexity index is 665. The average Bonchev–Trinajstić information content (AvgIpc) is 3.13. The van der Waals surface area contributed by atoms with Gasteiger partial charge in [0.05, 0.1) is 32.2 Å². The van der Waals surface area contributed by atoms with Gasteiger partial charge in [0.2, 0.25) is 5.79 Å². The number of carbonyl (C=O) groups excluding carboxylic acids is 4. The summed E-state index contributed by atoms with van der Waals surface area (Å²) in [7, 11) is 0. The second-order valence-corrected chi connectivity index (χ2v) is 7.26. The molecule has 156 valence electrons. The molecular weight excluding hydrogens is 372 g/mol. The summed E-state index contributed by atoms with van der Waals surface area (Å²) in [4.78, 5) is 50.8. The molecule has 0 amide bonds. The summed E-state index contributed by atoms with van der Waals surface area (Å²) < 4.78 is 27.4. The first-order chi connectivity index (χ1) is 13.3. The molecule has 0 unspecified atom stereocenters. The Morgan fingerprint density at radius 3 is 2.29 bits per heavy atom. The van der Waals surface area contributed by atoms with E-state index in [2.05, 4.69) is 0 Å². The number of hydrogen-bond acceptors (Lipinski definition) is 9. The lowest BCUT2D eigenvalue weighted by molar-refractivity contribution is -0.288. The van der Waals surface area contributed by atoms with E-state index in [-0.39, 0.29) is 45.7 Å². The van der Waals surface area contributed by atoms with Gasteiger partial charge in [-0.3, -0.25) is 19.2 Å². The van der Waals surface area contributed by atoms with Gasteiger partial charge in [0.15, 0.2) is 11.2 Å². The zero-order valence-corrected chi connectivity index (χ0v) is 16.4. The molecule has 9 heteroatoms. The van der Waals surface area contributed by atoms with Gasteiger partial charge in [-0.05, 0) is 20.8 Å². The van der Waals surface area contributed by atoms with Gasteiger partial charge in [0, 0.05) is 25.9 Å². The van der Waals surface area contributed by atoms with Gasteiger partial charge in [-0.25, -0.2) is 0 Å². The molecule has 1 saturated carbocycles. The van der Waals surface area contributed by atoms with Crippen molar-refractivity contribution in [1.82, 2.24) is 0 Å². The van der Waals surface area contributed by atoms with Gasteiger partial charge in [-0.1, -0.05) is 0 Å². The fourth-order valence-electron chi connectivity index (χ4n) is 4.69. The van der Waals surface area contributed by atoms with Gasteiger partial charge in [-0.15, -0.1) is 0 Å². The number of ketones is 1. The molecule has 3 rings (SSSR count). The number of esters is 3. The number of rotatable bonds is 6. The van der Waals surface area contributed by atoms with Crippen molar-refractivity contribution < 1.29 is 42.9 Å². The Morgan fingerprint density at radius 2 is 1.71 bits per heavy atom. The lowest BCUT2D eigenvalue weighted by atomic mass is 9.73. The van der Waals surface area contributed by atoms with Crippen LogP contribution in [0.5, 0.6) is 0 Å². The maximum atomic E-state index is 13.2. The number of carbonyl (C=O) groups is 4. The molecule has 0 aromatic carbocycles. The monoisotopic (exact) mass is 398 g/mol. The van der Waals surface area contributed by atoms with Crippen LogP contribution >= 0.6 is 0 Å². The highest BCUT2D eigenvalue weighted by Gasteiger charge is 2.73. The van der Waals surface area contributed by atoms with E-state index in [9.17, 15) is 19.2 Å². The molecule has 0 aromatic rings. The van der Waals surface area contributed by atoms with E-state index in [1.54, 1.807) is 20.8 Å². The van der Waals surface area contributed by atoms with E-state index in [4.69, 9.17) is 23.7 Å². The van der Waals surface area contributed by atoms with Crippen LogP contribution in [-0.4, -0.2) is 61.5 Å². The average molecular weight is 398 g/mol. The van der Waals surface area contributed by atoms with E-state index in [0.29, 0.717) is 0 Å². The number of ether oxygens (including phenoxy) is 5. The van der Waals surface area contributed by atoms with E-state index >= 15 is 0 Å². The maximum absolute atomic E-state index is 13.2. The van der Waals surface area contributed by atoms with E-state index in [1.165, 1.54) is 0 Å². The van der Waals surface area contributed by atoms with Crippen LogP contribution in [0.15, 0.2) is 0 Å². The molecule has 2 saturated heterocycles. The standard InChI is InChI=1S/C19H26O9/c1-4-24-15(22)17(16(23)25-5-2)10-13(20)18(11-17)12-9-14(21)28-19(12,26-6-3)7-8-27-18/h12H,4-11H2,1-3H3/t12-,18-,19+/m0/s1. The van der Waals surface area contributed by atoms with Crippen molar-refractivity contribution in [2.45, 2.75) is 57.8 Å². The molecule has 3 fully saturated rings. The van der Waals surface area contributed by atoms with E-state index in [1.807, 2.05) is 0 Å². The molecule has 0 aromatic heterocycles. The molecule has 28 heavy (non-hydrogen) atoms. The minimum absolute atomic E-state index is 0.0515. The van der Waals surface area contributed by atoms with E-state index in [0.717, 1.165) is 0 Å². The molecule has 0 N–H and O–H groups in total. The van der Waals surface area contributed by atoms with Crippen LogP contribution in [0, 0.1) is 11.3 Å². The Morgan fingerprint density at radius 1 is 1.07 bits per heavy atom. The summed E-state index contributed by atoms with van der Waals surface area (Å²) in [6, 6.07) is 0. The zero-order chi connectivity index (χ0) is 20.6. The Kier molecular flexibility index (Phi) is 5.51. The van der Waals surface area contributed by atoms with Gasteiger partial charge in [-0.2, -0.15) is 0 Å². The Hall–Kier alpha value is -2.00. The highest BCUT2D eigenvalue weighted by molar-refractivity contribution is 6.09. The van der Waals surface area contributed by atoms with Crippen molar-refractivity contribution in [2.75, 3.05) is 26.4 Å². The van der Waals surface area contributed by atoms with Crippen LogP contribution in [0.2, 0.25) is 0 Å². The Labute approximate surface area is 163 Å². The zero-order valence-electron chi connectivity index (χ0n) is 16.4. The second kappa shape index (κ2) is 7.44. The summed E-state index contributed by atoms with van der Waals surface area (Å²) in [5.74, 6) is -4.62.